The van der Waals surface area contributed by atoms with Crippen molar-refractivity contribution in [3.05, 3.63) is 28.3 Å². The molecule has 1 aliphatic heterocycles. The zero-order chi connectivity index (χ0) is 13.9. The Hall–Kier alpha value is -0.730. The van der Waals surface area contributed by atoms with Gasteiger partial charge in [-0.1, -0.05) is 30.9 Å². The Morgan fingerprint density at radius 3 is 2.85 bits per heavy atom. The number of hydrogen-bond donors (Lipinski definition) is 1. The van der Waals surface area contributed by atoms with E-state index in [0.29, 0.717) is 6.04 Å². The Labute approximate surface area is 126 Å². The molecule has 1 unspecified atom stereocenters. The zero-order valence-corrected chi connectivity index (χ0v) is 13.0. The average Bonchev–Trinajstić information content (AvgIpc) is 2.93. The first-order chi connectivity index (χ1) is 9.78. The van der Waals surface area contributed by atoms with Gasteiger partial charge in [-0.2, -0.15) is 0 Å². The summed E-state index contributed by atoms with van der Waals surface area (Å²) in [4.78, 5) is 0. The maximum Gasteiger partial charge on any atom is 0.125 e. The fraction of sp³-hybridized carbons (Fsp3) is 0.647. The number of rotatable bonds is 4. The molecule has 0 amide bonds. The third kappa shape index (κ3) is 2.96. The summed E-state index contributed by atoms with van der Waals surface area (Å²) in [6.45, 7) is 0.802. The molecule has 0 spiro atoms. The van der Waals surface area contributed by atoms with E-state index in [9.17, 15) is 0 Å². The van der Waals surface area contributed by atoms with E-state index in [1.807, 2.05) is 0 Å². The summed E-state index contributed by atoms with van der Waals surface area (Å²) in [6.07, 6.45) is 8.91. The quantitative estimate of drug-likeness (QED) is 0.906. The molecule has 0 saturated heterocycles. The van der Waals surface area contributed by atoms with Crippen molar-refractivity contribution in [3.8, 4) is 5.75 Å². The third-order valence-corrected chi connectivity index (χ3v) is 5.07. The summed E-state index contributed by atoms with van der Waals surface area (Å²) in [5, 5.41) is 4.38. The van der Waals surface area contributed by atoms with Gasteiger partial charge < -0.3 is 10.1 Å². The highest BCUT2D eigenvalue weighted by Gasteiger charge is 2.25. The van der Waals surface area contributed by atoms with Crippen molar-refractivity contribution in [2.75, 3.05) is 13.7 Å². The van der Waals surface area contributed by atoms with E-state index in [1.165, 1.54) is 43.2 Å². The maximum atomic E-state index is 6.26. The molecular formula is C17H24ClNO. The second-order valence-corrected chi connectivity index (χ2v) is 6.59. The first-order valence-electron chi connectivity index (χ1n) is 7.89. The molecule has 0 radical (unpaired) electrons. The molecular weight excluding hydrogens is 270 g/mol. The smallest absolute Gasteiger partial charge is 0.125 e. The van der Waals surface area contributed by atoms with Crippen LogP contribution < -0.4 is 10.1 Å². The van der Waals surface area contributed by atoms with Gasteiger partial charge >= 0.3 is 0 Å². The summed E-state index contributed by atoms with van der Waals surface area (Å²) in [5.74, 6) is 1.90. The predicted molar refractivity (Wildman–Crippen MR) is 83.8 cm³/mol. The fourth-order valence-electron chi connectivity index (χ4n) is 3.78. The van der Waals surface area contributed by atoms with Gasteiger partial charge in [0.05, 0.1) is 6.61 Å². The highest BCUT2D eigenvalue weighted by Crippen LogP contribution is 2.35. The van der Waals surface area contributed by atoms with Crippen LogP contribution in [0.25, 0.3) is 0 Å². The van der Waals surface area contributed by atoms with Gasteiger partial charge in [-0.05, 0) is 55.5 Å². The van der Waals surface area contributed by atoms with Gasteiger partial charge in [-0.15, -0.1) is 0 Å². The van der Waals surface area contributed by atoms with Gasteiger partial charge in [0.2, 0.25) is 0 Å². The number of ether oxygens (including phenoxy) is 1. The van der Waals surface area contributed by atoms with E-state index in [0.717, 1.165) is 36.1 Å². The minimum absolute atomic E-state index is 0.544. The molecule has 1 atom stereocenters. The third-order valence-electron chi connectivity index (χ3n) is 4.85. The number of fused-ring (bicyclic) bond motifs is 1. The Morgan fingerprint density at radius 2 is 2.10 bits per heavy atom. The minimum Gasteiger partial charge on any atom is -0.493 e. The molecule has 1 N–H and O–H groups in total. The lowest BCUT2D eigenvalue weighted by Gasteiger charge is -2.30. The molecule has 1 aliphatic carbocycles. The van der Waals surface area contributed by atoms with Crippen LogP contribution in [0, 0.1) is 5.92 Å². The second kappa shape index (κ2) is 6.36. The van der Waals surface area contributed by atoms with Gasteiger partial charge in [0.25, 0.3) is 0 Å². The summed E-state index contributed by atoms with van der Waals surface area (Å²) in [6, 6.07) is 4.70. The summed E-state index contributed by atoms with van der Waals surface area (Å²) >= 11 is 6.26. The maximum absolute atomic E-state index is 6.26. The van der Waals surface area contributed by atoms with E-state index in [1.54, 1.807) is 0 Å². The van der Waals surface area contributed by atoms with Crippen LogP contribution in [-0.4, -0.2) is 19.7 Å². The van der Waals surface area contributed by atoms with Crippen LogP contribution in [0.5, 0.6) is 5.75 Å². The highest BCUT2D eigenvalue weighted by atomic mass is 35.5. The Bertz CT molecular complexity index is 468. The number of hydrogen-bond acceptors (Lipinski definition) is 2. The van der Waals surface area contributed by atoms with Gasteiger partial charge in [0.15, 0.2) is 0 Å². The lowest BCUT2D eigenvalue weighted by molar-refractivity contribution is 0.274. The SMILES string of the molecule is CNC(Cc1cc(Cl)cc2c1OCC2)C1CCCCC1. The fourth-order valence-corrected chi connectivity index (χ4v) is 4.04. The standard InChI is InChI=1S/C17H24ClNO/c1-19-16(12-5-3-2-4-6-12)11-14-10-15(18)9-13-7-8-20-17(13)14/h9-10,12,16,19H,2-8,11H2,1H3. The molecule has 0 aromatic heterocycles. The second-order valence-electron chi connectivity index (χ2n) is 6.15. The lowest BCUT2D eigenvalue weighted by atomic mass is 9.81. The van der Waals surface area contributed by atoms with Gasteiger partial charge in [0.1, 0.15) is 5.75 Å². The number of nitrogens with one attached hydrogen (secondary N) is 1. The molecule has 1 aromatic carbocycles. The topological polar surface area (TPSA) is 21.3 Å². The van der Waals surface area contributed by atoms with Crippen LogP contribution in [0.4, 0.5) is 0 Å². The number of benzene rings is 1. The van der Waals surface area contributed by atoms with Crippen molar-refractivity contribution in [3.63, 3.8) is 0 Å². The number of halogens is 1. The Kier molecular flexibility index (Phi) is 4.52. The van der Waals surface area contributed by atoms with E-state index in [-0.39, 0.29) is 0 Å². The van der Waals surface area contributed by atoms with E-state index >= 15 is 0 Å². The molecule has 3 heteroatoms. The molecule has 2 nitrogen and oxygen atoms in total. The normalized spacial score (nSPS) is 20.5. The molecule has 1 aromatic rings. The van der Waals surface area contributed by atoms with Crippen LogP contribution in [0.3, 0.4) is 0 Å². The van der Waals surface area contributed by atoms with E-state index in [4.69, 9.17) is 16.3 Å². The molecule has 110 valence electrons. The highest BCUT2D eigenvalue weighted by molar-refractivity contribution is 6.30. The summed E-state index contributed by atoms with van der Waals surface area (Å²) in [5.41, 5.74) is 2.57. The van der Waals surface area contributed by atoms with Crippen LogP contribution in [0.15, 0.2) is 12.1 Å². The molecule has 1 saturated carbocycles. The van der Waals surface area contributed by atoms with Gasteiger partial charge in [-0.25, -0.2) is 0 Å². The van der Waals surface area contributed by atoms with Crippen LogP contribution in [-0.2, 0) is 12.8 Å². The van der Waals surface area contributed by atoms with E-state index in [2.05, 4.69) is 24.5 Å². The average molecular weight is 294 g/mol. The molecule has 1 heterocycles. The monoisotopic (exact) mass is 293 g/mol. The largest absolute Gasteiger partial charge is 0.493 e. The van der Waals surface area contributed by atoms with Crippen molar-refractivity contribution >= 4 is 11.6 Å². The molecule has 1 fully saturated rings. The van der Waals surface area contributed by atoms with Crippen LogP contribution >= 0.6 is 11.6 Å². The van der Waals surface area contributed by atoms with Crippen molar-refractivity contribution in [2.45, 2.75) is 51.0 Å². The lowest BCUT2D eigenvalue weighted by Crippen LogP contribution is -2.36. The summed E-state index contributed by atoms with van der Waals surface area (Å²) < 4.78 is 5.83. The molecule has 0 bridgehead atoms. The van der Waals surface area contributed by atoms with Crippen molar-refractivity contribution in [1.82, 2.24) is 5.32 Å². The predicted octanol–water partition coefficient (Wildman–Crippen LogP) is 3.99. The summed E-state index contributed by atoms with van der Waals surface area (Å²) in [7, 11) is 2.09. The minimum atomic E-state index is 0.544. The molecule has 20 heavy (non-hydrogen) atoms. The van der Waals surface area contributed by atoms with Crippen molar-refractivity contribution in [1.29, 1.82) is 0 Å². The van der Waals surface area contributed by atoms with E-state index < -0.39 is 0 Å². The Balaban J connectivity index is 1.78. The van der Waals surface area contributed by atoms with Crippen molar-refractivity contribution in [2.24, 2.45) is 5.92 Å². The van der Waals surface area contributed by atoms with Crippen molar-refractivity contribution < 1.29 is 4.74 Å². The first-order valence-corrected chi connectivity index (χ1v) is 8.27. The van der Waals surface area contributed by atoms with Gasteiger partial charge in [0, 0.05) is 17.5 Å². The molecule has 2 aliphatic rings. The van der Waals surface area contributed by atoms with Crippen LogP contribution in [0.2, 0.25) is 5.02 Å². The molecule has 3 rings (SSSR count). The first kappa shape index (κ1) is 14.2. The van der Waals surface area contributed by atoms with Crippen LogP contribution in [0.1, 0.15) is 43.2 Å². The zero-order valence-electron chi connectivity index (χ0n) is 12.3. The Morgan fingerprint density at radius 1 is 1.30 bits per heavy atom. The number of likely N-dealkylation sites (N-methyl/N-ethyl adjacent to an activating group) is 1. The van der Waals surface area contributed by atoms with Gasteiger partial charge in [-0.3, -0.25) is 0 Å².